The van der Waals surface area contributed by atoms with E-state index in [1.807, 2.05) is 0 Å². The van der Waals surface area contributed by atoms with Crippen LogP contribution in [0.3, 0.4) is 0 Å². The summed E-state index contributed by atoms with van der Waals surface area (Å²) in [4.78, 5) is 0. The molecule has 0 aliphatic carbocycles. The molecule has 3 atom stereocenters. The lowest BCUT2D eigenvalue weighted by Crippen LogP contribution is -2.36. The SMILES string of the molecule is O[C@H]1C[C@@H]2CCC[C@H]1N2. The molecule has 2 saturated heterocycles. The molecule has 0 saturated carbocycles. The molecule has 2 bridgehead atoms. The number of fused-ring (bicyclic) bond motifs is 2. The molecule has 0 aromatic carbocycles. The van der Waals surface area contributed by atoms with Crippen LogP contribution >= 0.6 is 0 Å². The number of hydrogen-bond acceptors (Lipinski definition) is 2. The van der Waals surface area contributed by atoms with Crippen LogP contribution in [0.15, 0.2) is 0 Å². The molecule has 2 aliphatic heterocycles. The van der Waals surface area contributed by atoms with Crippen molar-refractivity contribution in [1.82, 2.24) is 5.32 Å². The summed E-state index contributed by atoms with van der Waals surface area (Å²) in [5, 5.41) is 12.7. The fourth-order valence-corrected chi connectivity index (χ4v) is 2.00. The van der Waals surface area contributed by atoms with E-state index in [9.17, 15) is 5.11 Å². The quantitative estimate of drug-likeness (QED) is 0.489. The van der Waals surface area contributed by atoms with Gasteiger partial charge in [0.15, 0.2) is 0 Å². The van der Waals surface area contributed by atoms with Crippen molar-refractivity contribution in [3.05, 3.63) is 0 Å². The van der Waals surface area contributed by atoms with Crippen molar-refractivity contribution < 1.29 is 5.11 Å². The first-order valence-corrected chi connectivity index (χ1v) is 3.80. The van der Waals surface area contributed by atoms with Crippen LogP contribution in [0, 0.1) is 0 Å². The molecular formula is C7H13NO. The van der Waals surface area contributed by atoms with Crippen LogP contribution in [-0.4, -0.2) is 23.3 Å². The van der Waals surface area contributed by atoms with Crippen LogP contribution in [0.25, 0.3) is 0 Å². The van der Waals surface area contributed by atoms with E-state index in [1.54, 1.807) is 0 Å². The van der Waals surface area contributed by atoms with Crippen LogP contribution in [0.1, 0.15) is 25.7 Å². The molecule has 0 unspecified atom stereocenters. The van der Waals surface area contributed by atoms with Gasteiger partial charge in [-0.2, -0.15) is 0 Å². The summed E-state index contributed by atoms with van der Waals surface area (Å²) >= 11 is 0. The molecule has 2 heterocycles. The van der Waals surface area contributed by atoms with Crippen LogP contribution in [0.5, 0.6) is 0 Å². The smallest absolute Gasteiger partial charge is 0.0708 e. The summed E-state index contributed by atoms with van der Waals surface area (Å²) in [6, 6.07) is 1.07. The summed E-state index contributed by atoms with van der Waals surface area (Å²) in [7, 11) is 0. The summed E-state index contributed by atoms with van der Waals surface area (Å²) in [6.45, 7) is 0. The van der Waals surface area contributed by atoms with E-state index in [2.05, 4.69) is 5.32 Å². The Labute approximate surface area is 55.3 Å². The maximum absolute atomic E-state index is 9.34. The highest BCUT2D eigenvalue weighted by Crippen LogP contribution is 2.26. The van der Waals surface area contributed by atoms with Crippen LogP contribution in [0.2, 0.25) is 0 Å². The lowest BCUT2D eigenvalue weighted by atomic mass is 10.1. The van der Waals surface area contributed by atoms with E-state index in [1.165, 1.54) is 19.3 Å². The third-order valence-electron chi connectivity index (χ3n) is 2.51. The fraction of sp³-hybridized carbons (Fsp3) is 1.00. The van der Waals surface area contributed by atoms with Crippen molar-refractivity contribution in [2.75, 3.05) is 0 Å². The van der Waals surface area contributed by atoms with Gasteiger partial charge in [0, 0.05) is 12.1 Å². The van der Waals surface area contributed by atoms with Gasteiger partial charge in [0.1, 0.15) is 0 Å². The monoisotopic (exact) mass is 127 g/mol. The third kappa shape index (κ3) is 0.864. The van der Waals surface area contributed by atoms with Gasteiger partial charge in [-0.1, -0.05) is 6.42 Å². The Morgan fingerprint density at radius 2 is 2.22 bits per heavy atom. The van der Waals surface area contributed by atoms with Crippen molar-refractivity contribution in [3.63, 3.8) is 0 Å². The standard InChI is InChI=1S/C7H13NO/c9-7-4-5-2-1-3-6(7)8-5/h5-9H,1-4H2/t5-,6+,7-/m0/s1. The lowest BCUT2D eigenvalue weighted by molar-refractivity contribution is 0.156. The van der Waals surface area contributed by atoms with Crippen LogP contribution in [0.4, 0.5) is 0 Å². The number of aliphatic hydroxyl groups excluding tert-OH is 1. The maximum atomic E-state index is 9.34. The van der Waals surface area contributed by atoms with Crippen molar-refractivity contribution in [2.45, 2.75) is 43.9 Å². The average Bonchev–Trinajstić information content (AvgIpc) is 2.09. The zero-order valence-corrected chi connectivity index (χ0v) is 5.51. The van der Waals surface area contributed by atoms with E-state index >= 15 is 0 Å². The molecule has 2 N–H and O–H groups in total. The normalized spacial score (nSPS) is 49.7. The number of aliphatic hydroxyl groups is 1. The molecule has 2 nitrogen and oxygen atoms in total. The Morgan fingerprint density at radius 3 is 2.89 bits per heavy atom. The Balaban J connectivity index is 2.07. The van der Waals surface area contributed by atoms with E-state index in [-0.39, 0.29) is 6.10 Å². The first-order chi connectivity index (χ1) is 4.36. The molecule has 0 spiro atoms. The minimum absolute atomic E-state index is 0.0440. The maximum Gasteiger partial charge on any atom is 0.0708 e. The largest absolute Gasteiger partial charge is 0.391 e. The molecular weight excluding hydrogens is 114 g/mol. The summed E-state index contributed by atoms with van der Waals surface area (Å²) in [5.41, 5.74) is 0. The first-order valence-electron chi connectivity index (χ1n) is 3.80. The molecule has 0 amide bonds. The van der Waals surface area contributed by atoms with E-state index in [4.69, 9.17) is 0 Å². The molecule has 9 heavy (non-hydrogen) atoms. The van der Waals surface area contributed by atoms with Gasteiger partial charge in [-0.15, -0.1) is 0 Å². The number of hydrogen-bond donors (Lipinski definition) is 2. The van der Waals surface area contributed by atoms with Crippen LogP contribution < -0.4 is 5.32 Å². The second kappa shape index (κ2) is 1.96. The molecule has 0 aromatic heterocycles. The van der Waals surface area contributed by atoms with Gasteiger partial charge in [0.2, 0.25) is 0 Å². The second-order valence-corrected chi connectivity index (χ2v) is 3.20. The molecule has 2 rings (SSSR count). The first kappa shape index (κ1) is 5.69. The molecule has 2 heteroatoms. The van der Waals surface area contributed by atoms with E-state index < -0.39 is 0 Å². The van der Waals surface area contributed by atoms with Gasteiger partial charge >= 0.3 is 0 Å². The van der Waals surface area contributed by atoms with E-state index in [0.29, 0.717) is 12.1 Å². The molecule has 0 radical (unpaired) electrons. The van der Waals surface area contributed by atoms with Crippen molar-refractivity contribution >= 4 is 0 Å². The third-order valence-corrected chi connectivity index (χ3v) is 2.51. The number of nitrogens with one attached hydrogen (secondary N) is 1. The molecule has 0 aromatic rings. The minimum atomic E-state index is -0.0440. The predicted octanol–water partition coefficient (Wildman–Crippen LogP) is 0.262. The number of piperidine rings is 1. The molecule has 2 aliphatic rings. The van der Waals surface area contributed by atoms with Gasteiger partial charge in [-0.05, 0) is 19.3 Å². The van der Waals surface area contributed by atoms with Gasteiger partial charge in [-0.3, -0.25) is 0 Å². The van der Waals surface area contributed by atoms with Crippen molar-refractivity contribution in [3.8, 4) is 0 Å². The summed E-state index contributed by atoms with van der Waals surface area (Å²) in [5.74, 6) is 0. The highest BCUT2D eigenvalue weighted by atomic mass is 16.3. The second-order valence-electron chi connectivity index (χ2n) is 3.20. The predicted molar refractivity (Wildman–Crippen MR) is 35.2 cm³/mol. The highest BCUT2D eigenvalue weighted by molar-refractivity contribution is 4.94. The van der Waals surface area contributed by atoms with E-state index in [0.717, 1.165) is 6.42 Å². The lowest BCUT2D eigenvalue weighted by Gasteiger charge is -2.20. The van der Waals surface area contributed by atoms with Gasteiger partial charge in [0.05, 0.1) is 6.10 Å². The molecule has 52 valence electrons. The summed E-state index contributed by atoms with van der Waals surface area (Å²) in [6.07, 6.45) is 4.70. The van der Waals surface area contributed by atoms with Crippen molar-refractivity contribution in [1.29, 1.82) is 0 Å². The Bertz CT molecular complexity index is 113. The van der Waals surface area contributed by atoms with Gasteiger partial charge in [0.25, 0.3) is 0 Å². The fourth-order valence-electron chi connectivity index (χ4n) is 2.00. The van der Waals surface area contributed by atoms with Gasteiger partial charge < -0.3 is 10.4 Å². The Morgan fingerprint density at radius 1 is 1.33 bits per heavy atom. The number of rotatable bonds is 0. The topological polar surface area (TPSA) is 32.3 Å². The molecule has 2 fully saturated rings. The zero-order chi connectivity index (χ0) is 6.27. The highest BCUT2D eigenvalue weighted by Gasteiger charge is 2.34. The Kier molecular flexibility index (Phi) is 1.24. The minimum Gasteiger partial charge on any atom is -0.391 e. The van der Waals surface area contributed by atoms with Crippen LogP contribution in [-0.2, 0) is 0 Å². The summed E-state index contributed by atoms with van der Waals surface area (Å²) < 4.78 is 0. The average molecular weight is 127 g/mol. The van der Waals surface area contributed by atoms with Gasteiger partial charge in [-0.25, -0.2) is 0 Å². The van der Waals surface area contributed by atoms with Crippen molar-refractivity contribution in [2.24, 2.45) is 0 Å². The zero-order valence-electron chi connectivity index (χ0n) is 5.51. The Hall–Kier alpha value is -0.0800.